The molecular weight excluding hydrogens is 263 g/mol. The Balaban J connectivity index is -0.0000000257. The van der Waals surface area contributed by atoms with Crippen LogP contribution < -0.4 is 0 Å². The molecular formula is C17H40Co. The Morgan fingerprint density at radius 3 is 0.500 bits per heavy atom. The van der Waals surface area contributed by atoms with Gasteiger partial charge in [0, 0.05) is 16.8 Å². The van der Waals surface area contributed by atoms with Gasteiger partial charge in [0.15, 0.2) is 0 Å². The van der Waals surface area contributed by atoms with Gasteiger partial charge in [-0.15, -0.1) is 0 Å². The molecule has 0 aromatic rings. The molecule has 0 spiro atoms. The minimum absolute atomic E-state index is 0. The third-order valence-corrected chi connectivity index (χ3v) is 0. The molecule has 0 saturated carbocycles. The molecule has 0 saturated heterocycles. The molecule has 1 radical (unpaired) electrons. The first kappa shape index (κ1) is 36.2. The fourth-order valence-corrected chi connectivity index (χ4v) is 0. The van der Waals surface area contributed by atoms with Gasteiger partial charge in [0.2, 0.25) is 0 Å². The maximum absolute atomic E-state index is 2.08. The fourth-order valence-electron chi connectivity index (χ4n) is 0. The van der Waals surface area contributed by atoms with Gasteiger partial charge in [-0.3, -0.25) is 0 Å². The van der Waals surface area contributed by atoms with Gasteiger partial charge in [0.1, 0.15) is 0 Å². The molecule has 0 aromatic carbocycles. The third-order valence-electron chi connectivity index (χ3n) is 0. The average Bonchev–Trinajstić information content (AvgIpc) is 1.76. The summed E-state index contributed by atoms with van der Waals surface area (Å²) in [6.07, 6.45) is 0. The molecule has 0 aliphatic heterocycles. The minimum atomic E-state index is 0. The van der Waals surface area contributed by atoms with Crippen LogP contribution in [0.5, 0.6) is 0 Å². The number of rotatable bonds is 0. The zero-order valence-electron chi connectivity index (χ0n) is 14.3. The second-order valence-corrected chi connectivity index (χ2v) is 6.00. The molecule has 0 fully saturated rings. The van der Waals surface area contributed by atoms with Crippen molar-refractivity contribution in [1.82, 2.24) is 0 Å². The Labute approximate surface area is 131 Å². The van der Waals surface area contributed by atoms with E-state index in [1.807, 2.05) is 0 Å². The second-order valence-electron chi connectivity index (χ2n) is 6.00. The maximum atomic E-state index is 2.08. The molecule has 0 bridgehead atoms. The van der Waals surface area contributed by atoms with Gasteiger partial charge >= 0.3 is 0 Å². The van der Waals surface area contributed by atoms with E-state index in [9.17, 15) is 0 Å². The number of hydrogen-bond acceptors (Lipinski definition) is 0. The molecule has 0 aliphatic carbocycles. The Kier molecular flexibility index (Phi) is 61.0. The van der Waals surface area contributed by atoms with Crippen molar-refractivity contribution in [2.24, 2.45) is 0 Å². The van der Waals surface area contributed by atoms with E-state index in [-0.39, 0.29) is 24.2 Å². The average molecular weight is 303 g/mol. The molecule has 0 aliphatic rings. The van der Waals surface area contributed by atoms with E-state index in [1.165, 1.54) is 23.7 Å². The van der Waals surface area contributed by atoms with Crippen molar-refractivity contribution in [2.45, 2.75) is 90.5 Å². The summed E-state index contributed by atoms with van der Waals surface area (Å²) in [5.41, 5.74) is 0. The van der Waals surface area contributed by atoms with Crippen LogP contribution in [0.1, 0.15) is 90.5 Å². The topological polar surface area (TPSA) is 0 Å². The molecule has 0 heterocycles. The van der Waals surface area contributed by atoms with Gasteiger partial charge in [-0.1, -0.05) is 7.43 Å². The largest absolute Gasteiger partial charge is 0.323 e. The summed E-state index contributed by atoms with van der Waals surface area (Å²) < 4.78 is 0. The molecule has 0 unspecified atom stereocenters. The van der Waals surface area contributed by atoms with Crippen LogP contribution in [-0.4, -0.2) is 0 Å². The molecule has 0 nitrogen and oxygen atoms in total. The normalized spacial score (nSPS) is 7.00. The number of hydrogen-bond donors (Lipinski definition) is 0. The standard InChI is InChI=1S/4C4H9.CH4.Co/c4*1-4(2)3;;/h4*1-3H3;1H4;/q2*-1;2*+1;;. The van der Waals surface area contributed by atoms with Gasteiger partial charge in [0.25, 0.3) is 0 Å². The van der Waals surface area contributed by atoms with E-state index in [2.05, 4.69) is 83.1 Å². The van der Waals surface area contributed by atoms with Crippen LogP contribution in [0.25, 0.3) is 0 Å². The Morgan fingerprint density at radius 2 is 0.500 bits per heavy atom. The smallest absolute Gasteiger partial charge is 0.0813 e. The van der Waals surface area contributed by atoms with Crippen molar-refractivity contribution in [3.05, 3.63) is 23.7 Å². The van der Waals surface area contributed by atoms with Gasteiger partial charge in [-0.05, 0) is 0 Å². The summed E-state index contributed by atoms with van der Waals surface area (Å²) in [5.74, 6) is 5.67. The van der Waals surface area contributed by atoms with Gasteiger partial charge in [-0.2, -0.15) is 41.5 Å². The van der Waals surface area contributed by atoms with Crippen LogP contribution in [0.15, 0.2) is 0 Å². The quantitative estimate of drug-likeness (QED) is 0.418. The molecule has 0 N–H and O–H groups in total. The van der Waals surface area contributed by atoms with Gasteiger partial charge < -0.3 is 11.8 Å². The summed E-state index contributed by atoms with van der Waals surface area (Å²) in [5, 5.41) is 0. The van der Waals surface area contributed by atoms with Crippen molar-refractivity contribution in [3.63, 3.8) is 0 Å². The van der Waals surface area contributed by atoms with Crippen LogP contribution in [-0.2, 0) is 16.8 Å². The first-order chi connectivity index (χ1) is 6.93. The molecule has 0 atom stereocenters. The van der Waals surface area contributed by atoms with E-state index in [0.29, 0.717) is 0 Å². The van der Waals surface area contributed by atoms with E-state index < -0.39 is 0 Å². The van der Waals surface area contributed by atoms with E-state index >= 15 is 0 Å². The Bertz CT molecular complexity index is 48.6. The molecule has 117 valence electrons. The SMILES string of the molecule is C.C[C+](C)C.C[C+](C)C.C[C-](C)C.C[C-](C)C.[Co]. The summed E-state index contributed by atoms with van der Waals surface area (Å²) in [4.78, 5) is 0. The fraction of sp³-hybridized carbons (Fsp3) is 0.765. The summed E-state index contributed by atoms with van der Waals surface area (Å²) in [6, 6.07) is 0. The summed E-state index contributed by atoms with van der Waals surface area (Å²) in [7, 11) is 0. The minimum Gasteiger partial charge on any atom is -0.323 e. The van der Waals surface area contributed by atoms with E-state index in [4.69, 9.17) is 0 Å². The van der Waals surface area contributed by atoms with Crippen molar-refractivity contribution in [3.8, 4) is 0 Å². The monoisotopic (exact) mass is 303 g/mol. The molecule has 18 heavy (non-hydrogen) atoms. The zero-order valence-corrected chi connectivity index (χ0v) is 15.4. The van der Waals surface area contributed by atoms with Crippen LogP contribution in [0.2, 0.25) is 0 Å². The Hall–Kier alpha value is 0.246. The first-order valence-electron chi connectivity index (χ1n) is 6.00. The van der Waals surface area contributed by atoms with Gasteiger partial charge in [0.05, 0.1) is 53.4 Å². The van der Waals surface area contributed by atoms with Gasteiger partial charge in [-0.25, -0.2) is 0 Å². The first-order valence-corrected chi connectivity index (χ1v) is 6.00. The molecule has 1 heteroatoms. The summed E-state index contributed by atoms with van der Waals surface area (Å²) in [6.45, 7) is 25.0. The molecule has 0 amide bonds. The Morgan fingerprint density at radius 1 is 0.500 bits per heavy atom. The van der Waals surface area contributed by atoms with Crippen molar-refractivity contribution < 1.29 is 16.8 Å². The van der Waals surface area contributed by atoms with Crippen molar-refractivity contribution in [1.29, 1.82) is 0 Å². The maximum Gasteiger partial charge on any atom is 0.0813 e. The van der Waals surface area contributed by atoms with Crippen LogP contribution >= 0.6 is 0 Å². The van der Waals surface area contributed by atoms with Crippen LogP contribution in [0.3, 0.4) is 0 Å². The van der Waals surface area contributed by atoms with E-state index in [1.54, 1.807) is 0 Å². The van der Waals surface area contributed by atoms with Crippen LogP contribution in [0, 0.1) is 23.7 Å². The second kappa shape index (κ2) is 30.4. The zero-order chi connectivity index (χ0) is 14.3. The molecule has 0 aromatic heterocycles. The third kappa shape index (κ3) is 62200. The predicted molar refractivity (Wildman–Crippen MR) is 87.8 cm³/mol. The predicted octanol–water partition coefficient (Wildman–Crippen LogP) is 7.12. The van der Waals surface area contributed by atoms with Crippen molar-refractivity contribution >= 4 is 0 Å². The summed E-state index contributed by atoms with van der Waals surface area (Å²) >= 11 is 0. The van der Waals surface area contributed by atoms with E-state index in [0.717, 1.165) is 0 Å². The van der Waals surface area contributed by atoms with Crippen LogP contribution in [0.4, 0.5) is 0 Å². The molecule has 0 rings (SSSR count). The van der Waals surface area contributed by atoms with Crippen molar-refractivity contribution in [2.75, 3.05) is 0 Å².